The van der Waals surface area contributed by atoms with E-state index in [1.54, 1.807) is 6.92 Å². The summed E-state index contributed by atoms with van der Waals surface area (Å²) in [5.74, 6) is -0.748. The van der Waals surface area contributed by atoms with Gasteiger partial charge in [-0.1, -0.05) is 18.2 Å². The number of sulfone groups is 1. The first kappa shape index (κ1) is 24.7. The van der Waals surface area contributed by atoms with Crippen molar-refractivity contribution >= 4 is 31.5 Å². The molecule has 0 spiro atoms. The summed E-state index contributed by atoms with van der Waals surface area (Å²) in [6, 6.07) is 8.82. The van der Waals surface area contributed by atoms with Gasteiger partial charge in [0.2, 0.25) is 15.9 Å². The lowest BCUT2D eigenvalue weighted by atomic mass is 10.1. The van der Waals surface area contributed by atoms with E-state index in [1.165, 1.54) is 24.3 Å². The number of hydrogen-bond acceptors (Lipinski definition) is 5. The predicted octanol–water partition coefficient (Wildman–Crippen LogP) is 2.75. The van der Waals surface area contributed by atoms with E-state index < -0.39 is 50.1 Å². The van der Waals surface area contributed by atoms with Crippen molar-refractivity contribution in [1.82, 2.24) is 5.32 Å². The summed E-state index contributed by atoms with van der Waals surface area (Å²) in [6.07, 6.45) is -2.83. The molecule has 2 rings (SSSR count). The van der Waals surface area contributed by atoms with Gasteiger partial charge in [0.25, 0.3) is 0 Å². The van der Waals surface area contributed by atoms with E-state index in [-0.39, 0.29) is 10.6 Å². The number of nitrogens with one attached hydrogen (secondary N) is 1. The number of carbonyl (C=O) groups excluding carboxylic acids is 1. The molecular weight excluding hydrogens is 457 g/mol. The molecule has 0 fully saturated rings. The average Bonchev–Trinajstić information content (AvgIpc) is 2.64. The van der Waals surface area contributed by atoms with Crippen LogP contribution < -0.4 is 9.62 Å². The minimum absolute atomic E-state index is 0.0996. The number of halogens is 3. The Hall–Kier alpha value is -2.60. The summed E-state index contributed by atoms with van der Waals surface area (Å²) in [7, 11) is -7.45. The van der Waals surface area contributed by atoms with E-state index in [2.05, 4.69) is 5.32 Å². The first-order valence-corrected chi connectivity index (χ1v) is 12.6. The smallest absolute Gasteiger partial charge is 0.348 e. The maximum Gasteiger partial charge on any atom is 0.416 e. The van der Waals surface area contributed by atoms with Crippen LogP contribution in [0.2, 0.25) is 0 Å². The van der Waals surface area contributed by atoms with Gasteiger partial charge < -0.3 is 5.32 Å². The summed E-state index contributed by atoms with van der Waals surface area (Å²) in [5, 5.41) is 2.55. The molecule has 0 aliphatic rings. The van der Waals surface area contributed by atoms with Gasteiger partial charge in [-0.15, -0.1) is 0 Å². The van der Waals surface area contributed by atoms with E-state index in [9.17, 15) is 34.8 Å². The number of benzene rings is 2. The molecule has 2 aromatic carbocycles. The molecule has 2 aromatic rings. The first-order chi connectivity index (χ1) is 14.1. The molecule has 1 atom stereocenters. The second-order valence-electron chi connectivity index (χ2n) is 6.95. The van der Waals surface area contributed by atoms with Crippen molar-refractivity contribution in [3.63, 3.8) is 0 Å². The van der Waals surface area contributed by atoms with Crippen molar-refractivity contribution in [3.8, 4) is 0 Å². The van der Waals surface area contributed by atoms with E-state index in [0.717, 1.165) is 30.7 Å². The molecule has 7 nitrogen and oxygen atoms in total. The Kier molecular flexibility index (Phi) is 7.06. The van der Waals surface area contributed by atoms with Crippen LogP contribution in [0.1, 0.15) is 24.1 Å². The van der Waals surface area contributed by atoms with Gasteiger partial charge in [-0.25, -0.2) is 16.8 Å². The van der Waals surface area contributed by atoms with Gasteiger partial charge in [0.1, 0.15) is 6.54 Å². The molecule has 0 aromatic heterocycles. The Labute approximate surface area is 178 Å². The lowest BCUT2D eigenvalue weighted by Crippen LogP contribution is -2.41. The highest BCUT2D eigenvalue weighted by Gasteiger charge is 2.32. The summed E-state index contributed by atoms with van der Waals surface area (Å²) in [6.45, 7) is 0.869. The summed E-state index contributed by atoms with van der Waals surface area (Å²) in [4.78, 5) is 12.5. The topological polar surface area (TPSA) is 101 Å². The molecule has 0 saturated carbocycles. The molecule has 0 aliphatic heterocycles. The van der Waals surface area contributed by atoms with Gasteiger partial charge in [0.05, 0.1) is 28.4 Å². The molecule has 170 valence electrons. The number of amides is 1. The highest BCUT2D eigenvalue weighted by Crippen LogP contribution is 2.32. The fraction of sp³-hybridized carbons (Fsp3) is 0.316. The number of sulfonamides is 1. The third kappa shape index (κ3) is 6.69. The minimum atomic E-state index is -4.67. The number of nitrogens with zero attached hydrogens (tertiary/aromatic N) is 1. The van der Waals surface area contributed by atoms with Crippen molar-refractivity contribution in [2.45, 2.75) is 24.0 Å². The largest absolute Gasteiger partial charge is 0.416 e. The number of anilines is 1. The van der Waals surface area contributed by atoms with Crippen LogP contribution in [0.15, 0.2) is 53.4 Å². The third-order valence-corrected chi connectivity index (χ3v) is 6.60. The van der Waals surface area contributed by atoms with Gasteiger partial charge in [0, 0.05) is 6.26 Å². The number of alkyl halides is 3. The van der Waals surface area contributed by atoms with Gasteiger partial charge in [0.15, 0.2) is 9.84 Å². The monoisotopic (exact) mass is 478 g/mol. The zero-order valence-electron chi connectivity index (χ0n) is 16.8. The molecule has 0 bridgehead atoms. The average molecular weight is 479 g/mol. The molecule has 0 aliphatic carbocycles. The van der Waals surface area contributed by atoms with Gasteiger partial charge in [-0.2, -0.15) is 13.2 Å². The maximum absolute atomic E-state index is 13.0. The van der Waals surface area contributed by atoms with Crippen LogP contribution in [-0.2, 0) is 30.8 Å². The molecule has 0 radical (unpaired) electrons. The Morgan fingerprint density at radius 1 is 1.03 bits per heavy atom. The minimum Gasteiger partial charge on any atom is -0.348 e. The lowest BCUT2D eigenvalue weighted by molar-refractivity contribution is -0.137. The Morgan fingerprint density at radius 3 is 2.10 bits per heavy atom. The first-order valence-electron chi connectivity index (χ1n) is 8.83. The predicted molar refractivity (Wildman–Crippen MR) is 110 cm³/mol. The molecule has 1 N–H and O–H groups in total. The lowest BCUT2D eigenvalue weighted by Gasteiger charge is -2.24. The summed E-state index contributed by atoms with van der Waals surface area (Å²) in [5.41, 5.74) is -0.776. The van der Waals surface area contributed by atoms with Gasteiger partial charge >= 0.3 is 6.18 Å². The molecule has 31 heavy (non-hydrogen) atoms. The van der Waals surface area contributed by atoms with Gasteiger partial charge in [-0.3, -0.25) is 9.10 Å². The number of hydrogen-bond donors (Lipinski definition) is 1. The summed E-state index contributed by atoms with van der Waals surface area (Å²) < 4.78 is 86.8. The Balaban J connectivity index is 2.20. The molecule has 12 heteroatoms. The zero-order valence-corrected chi connectivity index (χ0v) is 18.5. The molecule has 0 unspecified atom stereocenters. The fourth-order valence-corrected chi connectivity index (χ4v) is 4.22. The Bertz CT molecular complexity index is 1160. The molecule has 0 heterocycles. The van der Waals surface area contributed by atoms with Crippen molar-refractivity contribution in [2.24, 2.45) is 0 Å². The van der Waals surface area contributed by atoms with Crippen molar-refractivity contribution in [2.75, 3.05) is 23.4 Å². The summed E-state index contributed by atoms with van der Waals surface area (Å²) >= 11 is 0. The van der Waals surface area contributed by atoms with Crippen molar-refractivity contribution in [3.05, 3.63) is 59.7 Å². The standard InChI is InChI=1S/C19H21F3N2O5S2/c1-13(14-7-9-17(10-8-14)30(2,26)27)23-18(25)12-24(31(3,28)29)16-6-4-5-15(11-16)19(20,21)22/h4-11,13H,12H2,1-3H3,(H,23,25)/t13-/m1/s1. The van der Waals surface area contributed by atoms with Crippen LogP contribution in [0.3, 0.4) is 0 Å². The fourth-order valence-electron chi connectivity index (χ4n) is 2.74. The zero-order chi connectivity index (χ0) is 23.6. The van der Waals surface area contributed by atoms with Crippen molar-refractivity contribution < 1.29 is 34.8 Å². The molecule has 1 amide bonds. The molecular formula is C19H21F3N2O5S2. The van der Waals surface area contributed by atoms with Crippen LogP contribution in [0.4, 0.5) is 18.9 Å². The SMILES string of the molecule is C[C@@H](NC(=O)CN(c1cccc(C(F)(F)F)c1)S(C)(=O)=O)c1ccc(S(C)(=O)=O)cc1. The van der Waals surface area contributed by atoms with Crippen LogP contribution >= 0.6 is 0 Å². The Morgan fingerprint density at radius 2 is 1.61 bits per heavy atom. The van der Waals surface area contributed by atoms with Crippen LogP contribution in [0.25, 0.3) is 0 Å². The third-order valence-electron chi connectivity index (χ3n) is 4.33. The highest BCUT2D eigenvalue weighted by atomic mass is 32.2. The normalized spacial score (nSPS) is 13.5. The van der Waals surface area contributed by atoms with E-state index >= 15 is 0 Å². The maximum atomic E-state index is 13.0. The van der Waals surface area contributed by atoms with Crippen molar-refractivity contribution in [1.29, 1.82) is 0 Å². The highest BCUT2D eigenvalue weighted by molar-refractivity contribution is 7.92. The van der Waals surface area contributed by atoms with Crippen LogP contribution in [0, 0.1) is 0 Å². The second-order valence-corrected chi connectivity index (χ2v) is 10.9. The van der Waals surface area contributed by atoms with Crippen LogP contribution in [-0.4, -0.2) is 41.8 Å². The molecule has 0 saturated heterocycles. The quantitative estimate of drug-likeness (QED) is 0.660. The second kappa shape index (κ2) is 8.87. The number of rotatable bonds is 7. The van der Waals surface area contributed by atoms with E-state index in [1.807, 2.05) is 0 Å². The van der Waals surface area contributed by atoms with E-state index in [0.29, 0.717) is 15.9 Å². The van der Waals surface area contributed by atoms with Crippen LogP contribution in [0.5, 0.6) is 0 Å². The van der Waals surface area contributed by atoms with E-state index in [4.69, 9.17) is 0 Å². The number of carbonyl (C=O) groups is 1. The van der Waals surface area contributed by atoms with Gasteiger partial charge in [-0.05, 0) is 42.8 Å².